The zero-order chi connectivity index (χ0) is 52.1. The quantitative estimate of drug-likeness (QED) is 0.0292. The number of aliphatic imine (C=N–C) groups is 1. The molecule has 1 amide bonds. The molecule has 23 heteroatoms. The van der Waals surface area contributed by atoms with Gasteiger partial charge in [-0.15, -0.1) is 15.3 Å². The van der Waals surface area contributed by atoms with Crippen LogP contribution in [-0.2, 0) is 20.2 Å². The van der Waals surface area contributed by atoms with Crippen molar-refractivity contribution in [2.24, 2.45) is 25.4 Å². The largest absolute Gasteiger partial charge is 2.00 e. The number of amides is 1. The molecule has 18 nitrogen and oxygen atoms in total. The van der Waals surface area contributed by atoms with Gasteiger partial charge < -0.3 is 30.1 Å². The number of carbonyl (C=O) groups is 1. The van der Waals surface area contributed by atoms with Crippen molar-refractivity contribution in [2.75, 3.05) is 19.5 Å². The normalized spacial score (nSPS) is 11.9. The summed E-state index contributed by atoms with van der Waals surface area (Å²) < 4.78 is 75.3. The van der Waals surface area contributed by atoms with E-state index in [4.69, 9.17) is 32.7 Å². The molecule has 0 aliphatic rings. The van der Waals surface area contributed by atoms with E-state index >= 15 is 0 Å². The van der Waals surface area contributed by atoms with Crippen molar-refractivity contribution in [1.29, 1.82) is 0 Å². The summed E-state index contributed by atoms with van der Waals surface area (Å²) in [5, 5.41) is 58.5. The third-order valence-electron chi connectivity index (χ3n) is 10.8. The van der Waals surface area contributed by atoms with Gasteiger partial charge in [0.05, 0.1) is 51.0 Å². The number of azo groups is 2. The first-order valence-electron chi connectivity index (χ1n) is 20.9. The first-order chi connectivity index (χ1) is 34.2. The van der Waals surface area contributed by atoms with Crippen LogP contribution in [0.25, 0.3) is 21.5 Å². The number of nitrogens with zero attached hydrogens (tertiary/aromatic N) is 5. The summed E-state index contributed by atoms with van der Waals surface area (Å²) in [6, 6.07) is 35.1. The Balaban J connectivity index is 0.000000235. The number of phenols is 1. The van der Waals surface area contributed by atoms with E-state index in [1.807, 2.05) is 0 Å². The summed E-state index contributed by atoms with van der Waals surface area (Å²) in [4.78, 5) is 16.4. The smallest absolute Gasteiger partial charge is 0.871 e. The van der Waals surface area contributed by atoms with Crippen LogP contribution in [0, 0.1) is 13.8 Å². The standard InChI is InChI=1S/2C25H20ClN3O6S.Ca/c2*1-14-21(36(32,33)34)12-11-19(22(14)26)28-29-23-16-8-4-3-7-15(16)13-17(24(23)30)25(31)27-18-9-5-6-10-20(18)35-2;/h2*3-13,30H,1-2H3,(H,27,31)(H,32,33,34);/q;;+2/p-2. The second-order valence-electron chi connectivity index (χ2n) is 15.3. The Morgan fingerprint density at radius 3 is 1.59 bits per heavy atom. The zero-order valence-electron chi connectivity index (χ0n) is 38.7. The Morgan fingerprint density at radius 1 is 0.603 bits per heavy atom. The van der Waals surface area contributed by atoms with E-state index in [1.165, 1.54) is 52.3 Å². The van der Waals surface area contributed by atoms with Gasteiger partial charge in [0, 0.05) is 10.8 Å². The van der Waals surface area contributed by atoms with Crippen LogP contribution in [0.15, 0.2) is 169 Å². The SMILES string of the molecule is COc1ccccc1N=C([O-])c1cc2ccccc2c(N=Nc2ccc(S(=O)(=O)O)c(C)c2Cl)c1[O-].COc1ccccc1NC(=O)c1cc2ccccc2c(N=Nc2ccc(S(=O)(=O)O)c(C)c2Cl)c1O.[Ca+2]. The van der Waals surface area contributed by atoms with Crippen LogP contribution in [0.4, 0.5) is 34.1 Å². The van der Waals surface area contributed by atoms with Crippen LogP contribution in [0.5, 0.6) is 23.0 Å². The Labute approximate surface area is 457 Å². The minimum Gasteiger partial charge on any atom is -0.871 e. The molecule has 4 N–H and O–H groups in total. The number of fused-ring (bicyclic) bond motifs is 2. The van der Waals surface area contributed by atoms with Crippen molar-refractivity contribution < 1.29 is 55.5 Å². The average Bonchev–Trinajstić information content (AvgIpc) is 3.35. The maximum atomic E-state index is 13.3. The molecular weight excluding hydrogens is 1050 g/mol. The van der Waals surface area contributed by atoms with Crippen molar-refractivity contribution >= 4 is 149 Å². The molecule has 0 aromatic heterocycles. The molecule has 0 saturated carbocycles. The molecule has 0 heterocycles. The van der Waals surface area contributed by atoms with Crippen LogP contribution in [0.1, 0.15) is 27.0 Å². The molecule has 0 aliphatic heterocycles. The summed E-state index contributed by atoms with van der Waals surface area (Å²) >= 11 is 12.5. The number of ether oxygens (including phenoxy) is 2. The van der Waals surface area contributed by atoms with E-state index in [0.717, 1.165) is 12.1 Å². The molecule has 73 heavy (non-hydrogen) atoms. The molecule has 368 valence electrons. The summed E-state index contributed by atoms with van der Waals surface area (Å²) in [5.74, 6) is -1.65. The molecule has 0 aliphatic carbocycles. The number of rotatable bonds is 12. The monoisotopic (exact) mass is 1090 g/mol. The van der Waals surface area contributed by atoms with Crippen LogP contribution >= 0.6 is 23.2 Å². The van der Waals surface area contributed by atoms with Crippen molar-refractivity contribution in [2.45, 2.75) is 23.6 Å². The Bertz CT molecular complexity index is 3790. The predicted octanol–water partition coefficient (Wildman–Crippen LogP) is 11.0. The topological polar surface area (TPSA) is 284 Å². The number of halogens is 2. The molecular formula is C50H38CaCl2N6O12S2. The summed E-state index contributed by atoms with van der Waals surface area (Å²) in [5.41, 5.74) is 0.676. The zero-order valence-corrected chi connectivity index (χ0v) is 44.1. The van der Waals surface area contributed by atoms with E-state index < -0.39 is 43.5 Å². The molecule has 0 spiro atoms. The third kappa shape index (κ3) is 12.4. The van der Waals surface area contributed by atoms with Gasteiger partial charge in [-0.05, 0) is 108 Å². The molecule has 0 bridgehead atoms. The molecule has 0 fully saturated rings. The summed E-state index contributed by atoms with van der Waals surface area (Å²) in [7, 11) is -6.03. The summed E-state index contributed by atoms with van der Waals surface area (Å²) in [6.07, 6.45) is 0. The number of benzene rings is 8. The number of carbonyl (C=O) groups excluding carboxylic acids is 1. The Kier molecular flexibility index (Phi) is 17.8. The fourth-order valence-corrected chi connectivity index (χ4v) is 9.19. The number of hydrogen-bond acceptors (Lipinski definition) is 15. The van der Waals surface area contributed by atoms with E-state index in [9.17, 15) is 46.1 Å². The van der Waals surface area contributed by atoms with Crippen molar-refractivity contribution in [1.82, 2.24) is 0 Å². The Morgan fingerprint density at radius 2 is 1.05 bits per heavy atom. The van der Waals surface area contributed by atoms with Crippen LogP contribution in [-0.4, -0.2) is 94.8 Å². The van der Waals surface area contributed by atoms with E-state index in [1.54, 1.807) is 97.1 Å². The second kappa shape index (κ2) is 23.4. The number of methoxy groups -OCH3 is 2. The number of aromatic hydroxyl groups is 1. The van der Waals surface area contributed by atoms with Crippen LogP contribution in [0.3, 0.4) is 0 Å². The molecule has 0 atom stereocenters. The van der Waals surface area contributed by atoms with Crippen molar-refractivity contribution in [3.8, 4) is 23.0 Å². The Hall–Kier alpha value is -6.72. The van der Waals surface area contributed by atoms with E-state index in [0.29, 0.717) is 38.7 Å². The second-order valence-corrected chi connectivity index (χ2v) is 18.8. The first kappa shape index (κ1) is 55.6. The molecule has 8 aromatic carbocycles. The minimum absolute atomic E-state index is 0. The summed E-state index contributed by atoms with van der Waals surface area (Å²) in [6.45, 7) is 2.82. The maximum absolute atomic E-state index is 13.3. The third-order valence-corrected chi connectivity index (χ3v) is 13.8. The predicted molar refractivity (Wildman–Crippen MR) is 275 cm³/mol. The number of anilines is 1. The van der Waals surface area contributed by atoms with Gasteiger partial charge >= 0.3 is 37.7 Å². The molecule has 0 saturated heterocycles. The van der Waals surface area contributed by atoms with Gasteiger partial charge in [0.15, 0.2) is 5.75 Å². The number of phenolic OH excluding ortho intramolecular Hbond substituents is 1. The fraction of sp³-hybridized carbons (Fsp3) is 0.0800. The van der Waals surface area contributed by atoms with Gasteiger partial charge in [-0.25, -0.2) is 0 Å². The molecule has 0 radical (unpaired) electrons. The average molecular weight is 1090 g/mol. The van der Waals surface area contributed by atoms with E-state index in [2.05, 4.69) is 30.8 Å². The number of para-hydroxylation sites is 4. The number of nitrogens with one attached hydrogen (secondary N) is 1. The first-order valence-corrected chi connectivity index (χ1v) is 24.5. The van der Waals surface area contributed by atoms with Gasteiger partial charge in [0.2, 0.25) is 0 Å². The van der Waals surface area contributed by atoms with Crippen molar-refractivity contribution in [3.63, 3.8) is 0 Å². The van der Waals surface area contributed by atoms with Crippen LogP contribution < -0.4 is 25.0 Å². The number of hydrogen-bond donors (Lipinski definition) is 4. The van der Waals surface area contributed by atoms with Gasteiger partial charge in [-0.1, -0.05) is 102 Å². The van der Waals surface area contributed by atoms with Gasteiger partial charge in [0.25, 0.3) is 26.1 Å². The molecule has 8 aromatic rings. The van der Waals surface area contributed by atoms with Crippen molar-refractivity contribution in [3.05, 3.63) is 166 Å². The van der Waals surface area contributed by atoms with E-state index in [-0.39, 0.29) is 108 Å². The maximum Gasteiger partial charge on any atom is 2.00 e. The molecule has 0 unspecified atom stereocenters. The van der Waals surface area contributed by atoms with Gasteiger partial charge in [0.1, 0.15) is 34.2 Å². The molecule has 8 rings (SSSR count). The van der Waals surface area contributed by atoms with Gasteiger partial charge in [-0.3, -0.25) is 18.9 Å². The fourth-order valence-electron chi connectivity index (χ4n) is 7.22. The van der Waals surface area contributed by atoms with Gasteiger partial charge in [-0.2, -0.15) is 21.9 Å². The minimum atomic E-state index is -4.49. The van der Waals surface area contributed by atoms with Crippen LogP contribution in [0.2, 0.25) is 10.0 Å².